The van der Waals surface area contributed by atoms with Crippen LogP contribution in [0.2, 0.25) is 0 Å². The number of amides is 2. The van der Waals surface area contributed by atoms with E-state index < -0.39 is 11.8 Å². The van der Waals surface area contributed by atoms with Gasteiger partial charge in [-0.25, -0.2) is 4.98 Å². The summed E-state index contributed by atoms with van der Waals surface area (Å²) in [5.41, 5.74) is 2.06. The second-order valence-electron chi connectivity index (χ2n) is 5.84. The van der Waals surface area contributed by atoms with Crippen LogP contribution < -0.4 is 10.6 Å². The summed E-state index contributed by atoms with van der Waals surface area (Å²) >= 11 is 0. The summed E-state index contributed by atoms with van der Waals surface area (Å²) in [5, 5.41) is 5.17. The maximum atomic E-state index is 12.3. The Hall–Kier alpha value is -3.55. The van der Waals surface area contributed by atoms with Crippen LogP contribution in [0.4, 0.5) is 11.7 Å². The molecule has 0 fully saturated rings. The van der Waals surface area contributed by atoms with Crippen LogP contribution in [0, 0.1) is 0 Å². The number of aryl methyl sites for hydroxylation is 1. The molecule has 0 saturated carbocycles. The van der Waals surface area contributed by atoms with E-state index in [-0.39, 0.29) is 17.4 Å². The van der Waals surface area contributed by atoms with Gasteiger partial charge in [0.05, 0.1) is 6.20 Å². The van der Waals surface area contributed by atoms with Gasteiger partial charge in [0.1, 0.15) is 12.0 Å². The molecule has 0 bridgehead atoms. The van der Waals surface area contributed by atoms with Gasteiger partial charge in [-0.15, -0.1) is 0 Å². The highest BCUT2D eigenvalue weighted by Gasteiger charge is 2.15. The van der Waals surface area contributed by atoms with Crippen LogP contribution in [0.15, 0.2) is 53.5 Å². The first-order valence-electron chi connectivity index (χ1n) is 8.59. The number of nitrogens with one attached hydrogen (secondary N) is 2. The third kappa shape index (κ3) is 4.97. The van der Waals surface area contributed by atoms with Gasteiger partial charge in [-0.1, -0.05) is 25.5 Å². The number of rotatable bonds is 7. The van der Waals surface area contributed by atoms with Gasteiger partial charge in [-0.05, 0) is 30.5 Å². The number of aromatic nitrogens is 3. The second-order valence-corrected chi connectivity index (χ2v) is 5.84. The van der Waals surface area contributed by atoms with Crippen molar-refractivity contribution in [2.24, 2.45) is 0 Å². The molecule has 0 atom stereocenters. The van der Waals surface area contributed by atoms with Crippen molar-refractivity contribution in [3.05, 3.63) is 66.1 Å². The molecule has 1 aromatic carbocycles. The van der Waals surface area contributed by atoms with Crippen molar-refractivity contribution in [3.63, 3.8) is 0 Å². The lowest BCUT2D eigenvalue weighted by Crippen LogP contribution is -2.15. The van der Waals surface area contributed by atoms with E-state index >= 15 is 0 Å². The lowest BCUT2D eigenvalue weighted by molar-refractivity contribution is 0.101. The first-order valence-corrected chi connectivity index (χ1v) is 8.59. The number of benzene rings is 1. The Kier molecular flexibility index (Phi) is 5.88. The molecular weight excluding hydrogens is 346 g/mol. The molecule has 0 spiro atoms. The Balaban J connectivity index is 1.59. The highest BCUT2D eigenvalue weighted by atomic mass is 16.4. The maximum Gasteiger partial charge on any atom is 0.302 e. The number of carbonyl (C=O) groups is 2. The minimum absolute atomic E-state index is 0.0551. The lowest BCUT2D eigenvalue weighted by Gasteiger charge is -2.04. The third-order valence-corrected chi connectivity index (χ3v) is 3.78. The molecule has 2 N–H and O–H groups in total. The van der Waals surface area contributed by atoms with Crippen LogP contribution in [0.1, 0.15) is 46.3 Å². The zero-order valence-corrected chi connectivity index (χ0v) is 14.8. The Morgan fingerprint density at radius 2 is 1.81 bits per heavy atom. The van der Waals surface area contributed by atoms with Gasteiger partial charge < -0.3 is 9.73 Å². The summed E-state index contributed by atoms with van der Waals surface area (Å²) in [6, 6.07) is 7.58. The Labute approximate surface area is 156 Å². The van der Waals surface area contributed by atoms with Crippen molar-refractivity contribution >= 4 is 23.5 Å². The molecule has 2 aromatic heterocycles. The van der Waals surface area contributed by atoms with Gasteiger partial charge in [0.15, 0.2) is 5.69 Å². The van der Waals surface area contributed by atoms with Crippen molar-refractivity contribution in [2.45, 2.75) is 26.2 Å². The van der Waals surface area contributed by atoms with Crippen LogP contribution in [0.3, 0.4) is 0 Å². The van der Waals surface area contributed by atoms with Crippen molar-refractivity contribution in [1.82, 2.24) is 15.0 Å². The van der Waals surface area contributed by atoms with Gasteiger partial charge in [-0.2, -0.15) is 4.98 Å². The van der Waals surface area contributed by atoms with Crippen molar-refractivity contribution in [2.75, 3.05) is 10.6 Å². The van der Waals surface area contributed by atoms with E-state index in [1.807, 2.05) is 24.3 Å². The highest BCUT2D eigenvalue weighted by Crippen LogP contribution is 2.14. The minimum atomic E-state index is -0.528. The number of hydrogen-bond acceptors (Lipinski definition) is 6. The fourth-order valence-corrected chi connectivity index (χ4v) is 2.34. The number of hydrogen-bond donors (Lipinski definition) is 2. The Bertz CT molecular complexity index is 907. The van der Waals surface area contributed by atoms with E-state index in [1.165, 1.54) is 30.4 Å². The lowest BCUT2D eigenvalue weighted by atomic mass is 10.1. The van der Waals surface area contributed by atoms with Crippen LogP contribution in [-0.2, 0) is 6.42 Å². The number of nitrogens with zero attached hydrogens (tertiary/aromatic N) is 3. The number of oxazole rings is 1. The van der Waals surface area contributed by atoms with Crippen LogP contribution >= 0.6 is 0 Å². The molecule has 3 aromatic rings. The zero-order chi connectivity index (χ0) is 19.1. The van der Waals surface area contributed by atoms with Crippen molar-refractivity contribution in [1.29, 1.82) is 0 Å². The summed E-state index contributed by atoms with van der Waals surface area (Å²) in [6.07, 6.45) is 8.64. The topological polar surface area (TPSA) is 110 Å². The van der Waals surface area contributed by atoms with Gasteiger partial charge in [0, 0.05) is 18.1 Å². The largest absolute Gasteiger partial charge is 0.431 e. The van der Waals surface area contributed by atoms with E-state index in [2.05, 4.69) is 32.5 Å². The molecule has 2 heterocycles. The van der Waals surface area contributed by atoms with Crippen LogP contribution in [0.25, 0.3) is 0 Å². The smallest absolute Gasteiger partial charge is 0.302 e. The molecule has 8 heteroatoms. The molecule has 0 unspecified atom stereocenters. The first kappa shape index (κ1) is 18.2. The number of carbonyl (C=O) groups excluding carboxylic acids is 2. The van der Waals surface area contributed by atoms with Crippen molar-refractivity contribution in [3.8, 4) is 0 Å². The number of anilines is 2. The normalized spacial score (nSPS) is 10.4. The summed E-state index contributed by atoms with van der Waals surface area (Å²) in [6.45, 7) is 2.15. The molecule has 3 rings (SSSR count). The third-order valence-electron chi connectivity index (χ3n) is 3.78. The molecule has 138 valence electrons. The van der Waals surface area contributed by atoms with Crippen molar-refractivity contribution < 1.29 is 14.0 Å². The molecule has 0 saturated heterocycles. The molecule has 2 amide bonds. The molecule has 0 aliphatic heterocycles. The molecule has 0 radical (unpaired) electrons. The zero-order valence-electron chi connectivity index (χ0n) is 14.8. The monoisotopic (exact) mass is 365 g/mol. The van der Waals surface area contributed by atoms with E-state index in [0.717, 1.165) is 19.3 Å². The van der Waals surface area contributed by atoms with Crippen LogP contribution in [-0.4, -0.2) is 26.8 Å². The predicted molar refractivity (Wildman–Crippen MR) is 99.5 cm³/mol. The average molecular weight is 365 g/mol. The fourth-order valence-electron chi connectivity index (χ4n) is 2.34. The molecule has 8 nitrogen and oxygen atoms in total. The summed E-state index contributed by atoms with van der Waals surface area (Å²) in [4.78, 5) is 35.9. The van der Waals surface area contributed by atoms with Gasteiger partial charge in [0.2, 0.25) is 0 Å². The first-order chi connectivity index (χ1) is 13.2. The molecule has 0 aliphatic carbocycles. The average Bonchev–Trinajstić information content (AvgIpc) is 3.17. The Morgan fingerprint density at radius 3 is 2.52 bits per heavy atom. The van der Waals surface area contributed by atoms with Gasteiger partial charge in [0.25, 0.3) is 11.8 Å². The predicted octanol–water partition coefficient (Wildman–Crippen LogP) is 3.31. The number of unbranched alkanes of at least 4 members (excludes halogenated alkanes) is 1. The summed E-state index contributed by atoms with van der Waals surface area (Å²) < 4.78 is 5.13. The van der Waals surface area contributed by atoms with Gasteiger partial charge >= 0.3 is 6.01 Å². The second kappa shape index (κ2) is 8.70. The maximum absolute atomic E-state index is 12.3. The molecular formula is C19H19N5O3. The van der Waals surface area contributed by atoms with E-state index in [0.29, 0.717) is 5.69 Å². The standard InChI is InChI=1S/C19H19N5O3/c1-2-3-4-13-5-7-14(8-6-13)22-18(26)16-12-27-19(23-16)24-17(25)15-11-20-9-10-21-15/h5-12H,2-4H2,1H3,(H,22,26)(H,23,24,25). The molecule has 27 heavy (non-hydrogen) atoms. The highest BCUT2D eigenvalue weighted by molar-refractivity contribution is 6.04. The summed E-state index contributed by atoms with van der Waals surface area (Å²) in [5.74, 6) is -0.959. The quantitative estimate of drug-likeness (QED) is 0.665. The minimum Gasteiger partial charge on any atom is -0.431 e. The SMILES string of the molecule is CCCCc1ccc(NC(=O)c2coc(NC(=O)c3cnccn3)n2)cc1. The van der Waals surface area contributed by atoms with Crippen LogP contribution in [0.5, 0.6) is 0 Å². The van der Waals surface area contributed by atoms with Gasteiger partial charge in [-0.3, -0.25) is 19.9 Å². The van der Waals surface area contributed by atoms with E-state index in [4.69, 9.17) is 4.42 Å². The molecule has 0 aliphatic rings. The Morgan fingerprint density at radius 1 is 1.04 bits per heavy atom. The fraction of sp³-hybridized carbons (Fsp3) is 0.211. The van der Waals surface area contributed by atoms with E-state index in [1.54, 1.807) is 0 Å². The van der Waals surface area contributed by atoms with E-state index in [9.17, 15) is 9.59 Å². The summed E-state index contributed by atoms with van der Waals surface area (Å²) in [7, 11) is 0.